The molecule has 0 aliphatic heterocycles. The first kappa shape index (κ1) is 23.2. The van der Waals surface area contributed by atoms with Gasteiger partial charge in [0.15, 0.2) is 17.5 Å². The quantitative estimate of drug-likeness (QED) is 0.246. The van der Waals surface area contributed by atoms with Crippen molar-refractivity contribution in [2.24, 2.45) is 4.99 Å². The van der Waals surface area contributed by atoms with E-state index in [1.54, 1.807) is 25.2 Å². The molecule has 1 aromatic heterocycles. The van der Waals surface area contributed by atoms with Crippen LogP contribution in [-0.2, 0) is 6.54 Å². The van der Waals surface area contributed by atoms with Crippen LogP contribution in [0.2, 0.25) is 0 Å². The van der Waals surface area contributed by atoms with Crippen LogP contribution in [0.4, 0.5) is 4.39 Å². The molecule has 2 aromatic rings. The Morgan fingerprint density at radius 2 is 2.07 bits per heavy atom. The Bertz CT molecular complexity index is 707. The van der Waals surface area contributed by atoms with Crippen LogP contribution in [0.5, 0.6) is 5.75 Å². The molecule has 27 heavy (non-hydrogen) atoms. The van der Waals surface area contributed by atoms with Gasteiger partial charge < -0.3 is 19.9 Å². The van der Waals surface area contributed by atoms with Crippen LogP contribution >= 0.6 is 24.0 Å². The smallest absolute Gasteiger partial charge is 0.191 e. The molecular weight excluding hydrogens is 460 g/mol. The molecule has 2 rings (SSSR count). The van der Waals surface area contributed by atoms with Crippen molar-refractivity contribution in [1.82, 2.24) is 20.2 Å². The molecule has 1 atom stereocenters. The summed E-state index contributed by atoms with van der Waals surface area (Å²) in [6.45, 7) is 6.22. The average molecular weight is 489 g/mol. The molecule has 1 aromatic carbocycles. The predicted octanol–water partition coefficient (Wildman–Crippen LogP) is 3.36. The largest absolute Gasteiger partial charge is 0.486 e. The lowest BCUT2D eigenvalue weighted by atomic mass is 10.3. The van der Waals surface area contributed by atoms with Gasteiger partial charge >= 0.3 is 0 Å². The molecule has 2 N–H and O–H groups in total. The van der Waals surface area contributed by atoms with Gasteiger partial charge in [0.25, 0.3) is 0 Å². The molecule has 150 valence electrons. The highest BCUT2D eigenvalue weighted by atomic mass is 127. The first-order chi connectivity index (χ1) is 12.6. The fourth-order valence-corrected chi connectivity index (χ4v) is 2.51. The van der Waals surface area contributed by atoms with Crippen molar-refractivity contribution in [2.75, 3.05) is 20.1 Å². The highest BCUT2D eigenvalue weighted by Gasteiger charge is 2.08. The second-order valence-electron chi connectivity index (χ2n) is 6.11. The Labute approximate surface area is 177 Å². The summed E-state index contributed by atoms with van der Waals surface area (Å²) in [5, 5.41) is 6.48. The van der Waals surface area contributed by atoms with Crippen LogP contribution in [0.3, 0.4) is 0 Å². The molecular formula is C19H29FIN5O. The summed E-state index contributed by atoms with van der Waals surface area (Å²) >= 11 is 0. The SMILES string of the molecule is CN=C(NCCCCn1ccnc1C)NCC(C)Oc1ccccc1F.I. The Morgan fingerprint density at radius 1 is 1.30 bits per heavy atom. The Kier molecular flexibility index (Phi) is 10.8. The number of ether oxygens (including phenoxy) is 1. The lowest BCUT2D eigenvalue weighted by Crippen LogP contribution is -2.42. The summed E-state index contributed by atoms with van der Waals surface area (Å²) in [6.07, 6.45) is 5.73. The third kappa shape index (κ3) is 8.15. The number of aromatic nitrogens is 2. The van der Waals surface area contributed by atoms with E-state index in [0.717, 1.165) is 31.8 Å². The van der Waals surface area contributed by atoms with E-state index in [9.17, 15) is 4.39 Å². The van der Waals surface area contributed by atoms with Gasteiger partial charge in [0, 0.05) is 32.5 Å². The van der Waals surface area contributed by atoms with Crippen molar-refractivity contribution >= 4 is 29.9 Å². The van der Waals surface area contributed by atoms with E-state index in [1.165, 1.54) is 6.07 Å². The molecule has 0 aliphatic rings. The van der Waals surface area contributed by atoms with Crippen molar-refractivity contribution in [3.8, 4) is 5.75 Å². The standard InChI is InChI=1S/C19H28FN5O.HI/c1-15(26-18-9-5-4-8-17(18)20)14-24-19(21-3)23-10-6-7-12-25-13-11-22-16(25)2;/h4-5,8-9,11,13,15H,6-7,10,12,14H2,1-3H3,(H2,21,23,24);1H. The number of rotatable bonds is 9. The van der Waals surface area contributed by atoms with Gasteiger partial charge in [-0.2, -0.15) is 0 Å². The zero-order valence-electron chi connectivity index (χ0n) is 16.1. The van der Waals surface area contributed by atoms with E-state index in [-0.39, 0.29) is 41.6 Å². The number of benzene rings is 1. The molecule has 0 amide bonds. The second kappa shape index (κ2) is 12.5. The molecule has 0 saturated carbocycles. The van der Waals surface area contributed by atoms with Crippen LogP contribution in [0.25, 0.3) is 0 Å². The number of halogens is 2. The molecule has 0 aliphatic carbocycles. The van der Waals surface area contributed by atoms with Gasteiger partial charge in [0.2, 0.25) is 0 Å². The maximum atomic E-state index is 13.6. The third-order valence-corrected chi connectivity index (χ3v) is 3.99. The van der Waals surface area contributed by atoms with Crippen molar-refractivity contribution < 1.29 is 9.13 Å². The van der Waals surface area contributed by atoms with Gasteiger partial charge in [-0.05, 0) is 38.8 Å². The first-order valence-electron chi connectivity index (χ1n) is 8.93. The number of hydrogen-bond acceptors (Lipinski definition) is 3. The zero-order valence-corrected chi connectivity index (χ0v) is 18.4. The van der Waals surface area contributed by atoms with E-state index < -0.39 is 0 Å². The van der Waals surface area contributed by atoms with Crippen LogP contribution in [0, 0.1) is 12.7 Å². The summed E-state index contributed by atoms with van der Waals surface area (Å²) < 4.78 is 21.3. The molecule has 0 spiro atoms. The maximum Gasteiger partial charge on any atom is 0.191 e. The molecule has 0 saturated heterocycles. The number of aliphatic imine (C=N–C) groups is 1. The van der Waals surface area contributed by atoms with E-state index >= 15 is 0 Å². The summed E-state index contributed by atoms with van der Waals surface area (Å²) in [5.74, 6) is 1.67. The van der Waals surface area contributed by atoms with Crippen LogP contribution in [-0.4, -0.2) is 41.8 Å². The number of aryl methyl sites for hydroxylation is 2. The van der Waals surface area contributed by atoms with Crippen molar-refractivity contribution in [1.29, 1.82) is 0 Å². The van der Waals surface area contributed by atoms with Crippen molar-refractivity contribution in [3.63, 3.8) is 0 Å². The molecule has 0 radical (unpaired) electrons. The van der Waals surface area contributed by atoms with Crippen LogP contribution in [0.1, 0.15) is 25.6 Å². The normalized spacial score (nSPS) is 12.2. The van der Waals surface area contributed by atoms with E-state index in [2.05, 4.69) is 25.2 Å². The van der Waals surface area contributed by atoms with Gasteiger partial charge in [0.05, 0.1) is 6.54 Å². The van der Waals surface area contributed by atoms with Crippen LogP contribution < -0.4 is 15.4 Å². The molecule has 0 bridgehead atoms. The van der Waals surface area contributed by atoms with Crippen LogP contribution in [0.15, 0.2) is 41.7 Å². The zero-order chi connectivity index (χ0) is 18.8. The first-order valence-corrected chi connectivity index (χ1v) is 8.93. The maximum absolute atomic E-state index is 13.6. The Morgan fingerprint density at radius 3 is 2.74 bits per heavy atom. The van der Waals surface area contributed by atoms with Crippen molar-refractivity contribution in [2.45, 2.75) is 39.3 Å². The highest BCUT2D eigenvalue weighted by molar-refractivity contribution is 14.0. The number of unbranched alkanes of at least 4 members (excludes halogenated alkanes) is 1. The Hall–Kier alpha value is -1.84. The second-order valence-corrected chi connectivity index (χ2v) is 6.11. The number of nitrogens with one attached hydrogen (secondary N) is 2. The summed E-state index contributed by atoms with van der Waals surface area (Å²) in [5.41, 5.74) is 0. The summed E-state index contributed by atoms with van der Waals surface area (Å²) in [7, 11) is 1.73. The van der Waals surface area contributed by atoms with Gasteiger partial charge in [-0.25, -0.2) is 9.37 Å². The number of imidazole rings is 1. The number of nitrogens with zero attached hydrogens (tertiary/aromatic N) is 3. The summed E-state index contributed by atoms with van der Waals surface area (Å²) in [4.78, 5) is 8.41. The molecule has 1 heterocycles. The van der Waals surface area contributed by atoms with E-state index in [4.69, 9.17) is 4.74 Å². The van der Waals surface area contributed by atoms with Gasteiger partial charge in [-0.15, -0.1) is 24.0 Å². The average Bonchev–Trinajstić information content (AvgIpc) is 3.04. The molecule has 1 unspecified atom stereocenters. The summed E-state index contributed by atoms with van der Waals surface area (Å²) in [6, 6.07) is 6.41. The van der Waals surface area contributed by atoms with Gasteiger partial charge in [0.1, 0.15) is 11.9 Å². The fraction of sp³-hybridized carbons (Fsp3) is 0.474. The highest BCUT2D eigenvalue weighted by Crippen LogP contribution is 2.16. The molecule has 6 nitrogen and oxygen atoms in total. The lowest BCUT2D eigenvalue weighted by molar-refractivity contribution is 0.214. The third-order valence-electron chi connectivity index (χ3n) is 3.99. The van der Waals surface area contributed by atoms with Gasteiger partial charge in [-0.3, -0.25) is 4.99 Å². The fourth-order valence-electron chi connectivity index (χ4n) is 2.51. The monoisotopic (exact) mass is 489 g/mol. The molecule has 0 fully saturated rings. The minimum atomic E-state index is -0.352. The topological polar surface area (TPSA) is 63.5 Å². The van der Waals surface area contributed by atoms with E-state index in [0.29, 0.717) is 12.5 Å². The van der Waals surface area contributed by atoms with E-state index in [1.807, 2.05) is 26.2 Å². The number of para-hydroxylation sites is 1. The number of hydrogen-bond donors (Lipinski definition) is 2. The predicted molar refractivity (Wildman–Crippen MR) is 117 cm³/mol. The van der Waals surface area contributed by atoms with Crippen molar-refractivity contribution in [3.05, 3.63) is 48.3 Å². The lowest BCUT2D eigenvalue weighted by Gasteiger charge is -2.18. The minimum absolute atomic E-state index is 0. The van der Waals surface area contributed by atoms with Gasteiger partial charge in [-0.1, -0.05) is 12.1 Å². The minimum Gasteiger partial charge on any atom is -0.486 e. The number of guanidine groups is 1. The Balaban J connectivity index is 0.00000364. The molecule has 8 heteroatoms.